The summed E-state index contributed by atoms with van der Waals surface area (Å²) in [7, 11) is 0. The zero-order chi connectivity index (χ0) is 16.0. The fraction of sp³-hybridized carbons (Fsp3) is 0.600. The van der Waals surface area contributed by atoms with Crippen molar-refractivity contribution in [3.63, 3.8) is 0 Å². The molecule has 0 bridgehead atoms. The van der Waals surface area contributed by atoms with E-state index in [0.717, 1.165) is 18.7 Å². The molecule has 23 heavy (non-hydrogen) atoms. The number of carbonyl (C=O) groups excluding carboxylic acids is 1. The van der Waals surface area contributed by atoms with E-state index in [1.54, 1.807) is 11.8 Å². The van der Waals surface area contributed by atoms with Crippen LogP contribution in [0.1, 0.15) is 59.8 Å². The number of ether oxygens (including phenoxy) is 1. The molecule has 8 nitrogen and oxygen atoms in total. The van der Waals surface area contributed by atoms with Gasteiger partial charge in [-0.3, -0.25) is 4.79 Å². The van der Waals surface area contributed by atoms with Crippen molar-refractivity contribution in [3.8, 4) is 0 Å². The Morgan fingerprint density at radius 3 is 2.87 bits per heavy atom. The van der Waals surface area contributed by atoms with Gasteiger partial charge in [0.25, 0.3) is 11.8 Å². The molecule has 2 atom stereocenters. The lowest BCUT2D eigenvalue weighted by Gasteiger charge is -2.34. The van der Waals surface area contributed by atoms with Gasteiger partial charge in [-0.25, -0.2) is 4.98 Å². The van der Waals surface area contributed by atoms with Gasteiger partial charge >= 0.3 is 0 Å². The number of oxazole rings is 1. The molecule has 4 rings (SSSR count). The first-order chi connectivity index (χ1) is 11.1. The summed E-state index contributed by atoms with van der Waals surface area (Å²) >= 11 is 0. The number of aryl methyl sites for hydroxylation is 1. The van der Waals surface area contributed by atoms with Crippen LogP contribution in [0.3, 0.4) is 0 Å². The second-order valence-corrected chi connectivity index (χ2v) is 6.17. The summed E-state index contributed by atoms with van der Waals surface area (Å²) in [6.45, 7) is 4.49. The lowest BCUT2D eigenvalue weighted by Crippen LogP contribution is -2.46. The molecular weight excluding hydrogens is 300 g/mol. The highest BCUT2D eigenvalue weighted by Gasteiger charge is 2.36. The van der Waals surface area contributed by atoms with E-state index < -0.39 is 6.10 Å². The highest BCUT2D eigenvalue weighted by atomic mass is 16.5. The minimum absolute atomic E-state index is 0.124. The average molecular weight is 318 g/mol. The summed E-state index contributed by atoms with van der Waals surface area (Å²) in [5.74, 6) is 1.95. The van der Waals surface area contributed by atoms with Crippen LogP contribution in [0, 0.1) is 6.92 Å². The first-order valence-electron chi connectivity index (χ1n) is 7.80. The van der Waals surface area contributed by atoms with Crippen LogP contribution in [0.25, 0.3) is 0 Å². The molecule has 2 aliphatic rings. The Labute approximate surface area is 132 Å². The molecule has 122 valence electrons. The minimum atomic E-state index is -0.407. The number of amides is 1. The van der Waals surface area contributed by atoms with Crippen LogP contribution in [-0.4, -0.2) is 45.1 Å². The summed E-state index contributed by atoms with van der Waals surface area (Å²) in [6, 6.07) is 0. The molecule has 3 heterocycles. The molecule has 1 aliphatic heterocycles. The Morgan fingerprint density at radius 2 is 2.17 bits per heavy atom. The maximum Gasteiger partial charge on any atom is 0.276 e. The Morgan fingerprint density at radius 1 is 1.35 bits per heavy atom. The Kier molecular flexibility index (Phi) is 3.41. The highest BCUT2D eigenvalue weighted by molar-refractivity contribution is 5.93. The van der Waals surface area contributed by atoms with Gasteiger partial charge in [-0.2, -0.15) is 4.98 Å². The van der Waals surface area contributed by atoms with Crippen LogP contribution in [0.2, 0.25) is 0 Å². The normalized spacial score (nSPS) is 24.9. The second-order valence-electron chi connectivity index (χ2n) is 6.17. The summed E-state index contributed by atoms with van der Waals surface area (Å²) in [6.07, 6.45) is 2.97. The SMILES string of the molecule is Cc1ocnc1C(=O)N1C[C@@H](C)O[C@@H](c2nc(C3CC3)no2)C1. The predicted molar refractivity (Wildman–Crippen MR) is 76.7 cm³/mol. The van der Waals surface area contributed by atoms with Gasteiger partial charge in [-0.05, 0) is 26.7 Å². The van der Waals surface area contributed by atoms with E-state index in [1.807, 2.05) is 6.92 Å². The zero-order valence-corrected chi connectivity index (χ0v) is 13.1. The van der Waals surface area contributed by atoms with E-state index in [0.29, 0.717) is 36.4 Å². The zero-order valence-electron chi connectivity index (χ0n) is 13.1. The smallest absolute Gasteiger partial charge is 0.276 e. The molecular formula is C15H18N4O4. The van der Waals surface area contributed by atoms with Gasteiger partial charge in [0.2, 0.25) is 0 Å². The monoisotopic (exact) mass is 318 g/mol. The van der Waals surface area contributed by atoms with Gasteiger partial charge in [0, 0.05) is 12.5 Å². The van der Waals surface area contributed by atoms with Gasteiger partial charge < -0.3 is 18.6 Å². The van der Waals surface area contributed by atoms with Crippen molar-refractivity contribution in [3.05, 3.63) is 29.6 Å². The minimum Gasteiger partial charge on any atom is -0.448 e. The highest BCUT2D eigenvalue weighted by Crippen LogP contribution is 2.39. The first kappa shape index (κ1) is 14.4. The number of nitrogens with zero attached hydrogens (tertiary/aromatic N) is 4. The predicted octanol–water partition coefficient (Wildman–Crippen LogP) is 1.85. The molecule has 1 saturated carbocycles. The molecule has 0 aromatic carbocycles. The third-order valence-electron chi connectivity index (χ3n) is 4.17. The third-order valence-corrected chi connectivity index (χ3v) is 4.17. The number of rotatable bonds is 3. The lowest BCUT2D eigenvalue weighted by atomic mass is 10.2. The Bertz CT molecular complexity index is 721. The largest absolute Gasteiger partial charge is 0.448 e. The van der Waals surface area contributed by atoms with Gasteiger partial charge in [0.05, 0.1) is 12.6 Å². The molecule has 1 saturated heterocycles. The fourth-order valence-electron chi connectivity index (χ4n) is 2.80. The van der Waals surface area contributed by atoms with Crippen molar-refractivity contribution < 1.29 is 18.5 Å². The molecule has 0 radical (unpaired) electrons. The molecule has 1 aliphatic carbocycles. The fourth-order valence-corrected chi connectivity index (χ4v) is 2.80. The van der Waals surface area contributed by atoms with E-state index in [4.69, 9.17) is 13.7 Å². The number of aromatic nitrogens is 3. The summed E-state index contributed by atoms with van der Waals surface area (Å²) in [5.41, 5.74) is 0.335. The average Bonchev–Trinajstić information content (AvgIpc) is 3.10. The Balaban J connectivity index is 1.53. The number of carbonyl (C=O) groups is 1. The second kappa shape index (κ2) is 5.45. The standard InChI is InChI=1S/C15H18N4O4/c1-8-5-19(15(20)12-9(2)21-7-16-12)6-11(22-8)14-17-13(18-23-14)10-3-4-10/h7-8,10-11H,3-6H2,1-2H3/t8-,11-/m1/s1. The molecule has 0 spiro atoms. The van der Waals surface area contributed by atoms with Crippen molar-refractivity contribution in [1.29, 1.82) is 0 Å². The maximum absolute atomic E-state index is 12.6. The molecule has 0 N–H and O–H groups in total. The molecule has 1 amide bonds. The number of morpholine rings is 1. The molecule has 2 aromatic heterocycles. The van der Waals surface area contributed by atoms with Crippen molar-refractivity contribution in [1.82, 2.24) is 20.0 Å². The van der Waals surface area contributed by atoms with E-state index in [1.165, 1.54) is 6.39 Å². The summed E-state index contributed by atoms with van der Waals surface area (Å²) in [5, 5.41) is 4.02. The van der Waals surface area contributed by atoms with Gasteiger partial charge in [-0.1, -0.05) is 5.16 Å². The van der Waals surface area contributed by atoms with Crippen molar-refractivity contribution in [2.24, 2.45) is 0 Å². The number of hydrogen-bond acceptors (Lipinski definition) is 7. The van der Waals surface area contributed by atoms with Crippen LogP contribution in [0.5, 0.6) is 0 Å². The molecule has 0 unspecified atom stereocenters. The quantitative estimate of drug-likeness (QED) is 0.852. The van der Waals surface area contributed by atoms with Crippen molar-refractivity contribution >= 4 is 5.91 Å². The van der Waals surface area contributed by atoms with E-state index in [2.05, 4.69) is 15.1 Å². The van der Waals surface area contributed by atoms with Gasteiger partial charge in [-0.15, -0.1) is 0 Å². The molecule has 2 aromatic rings. The summed E-state index contributed by atoms with van der Waals surface area (Å²) in [4.78, 5) is 22.7. The van der Waals surface area contributed by atoms with Crippen LogP contribution in [0.4, 0.5) is 0 Å². The van der Waals surface area contributed by atoms with Gasteiger partial charge in [0.15, 0.2) is 24.0 Å². The van der Waals surface area contributed by atoms with E-state index in [-0.39, 0.29) is 12.0 Å². The van der Waals surface area contributed by atoms with Crippen LogP contribution >= 0.6 is 0 Å². The van der Waals surface area contributed by atoms with Gasteiger partial charge in [0.1, 0.15) is 5.76 Å². The molecule has 2 fully saturated rings. The lowest BCUT2D eigenvalue weighted by molar-refractivity contribution is -0.0811. The van der Waals surface area contributed by atoms with E-state index >= 15 is 0 Å². The van der Waals surface area contributed by atoms with Crippen molar-refractivity contribution in [2.45, 2.75) is 44.8 Å². The number of hydrogen-bond donors (Lipinski definition) is 0. The summed E-state index contributed by atoms with van der Waals surface area (Å²) < 4.78 is 16.3. The first-order valence-corrected chi connectivity index (χ1v) is 7.80. The van der Waals surface area contributed by atoms with Crippen LogP contribution in [0.15, 0.2) is 15.3 Å². The van der Waals surface area contributed by atoms with Crippen LogP contribution in [-0.2, 0) is 4.74 Å². The molecule has 8 heteroatoms. The van der Waals surface area contributed by atoms with E-state index in [9.17, 15) is 4.79 Å². The van der Waals surface area contributed by atoms with Crippen molar-refractivity contribution in [2.75, 3.05) is 13.1 Å². The third kappa shape index (κ3) is 2.74. The topological polar surface area (TPSA) is 94.5 Å². The van der Waals surface area contributed by atoms with Crippen LogP contribution < -0.4 is 0 Å². The Hall–Kier alpha value is -2.22. The maximum atomic E-state index is 12.6.